The zero-order valence-electron chi connectivity index (χ0n) is 10.9. The molecule has 6 nitrogen and oxygen atoms in total. The second-order valence-electron chi connectivity index (χ2n) is 6.03. The highest BCUT2D eigenvalue weighted by molar-refractivity contribution is 5.83. The van der Waals surface area contributed by atoms with Gasteiger partial charge in [-0.05, 0) is 24.7 Å². The van der Waals surface area contributed by atoms with Crippen LogP contribution in [0.4, 0.5) is 4.79 Å². The smallest absolute Gasteiger partial charge is 0.326 e. The molecule has 6 heteroatoms. The highest BCUT2D eigenvalue weighted by Crippen LogP contribution is 2.38. The fraction of sp³-hybridized carbons (Fsp3) is 0.846. The quantitative estimate of drug-likeness (QED) is 0.719. The van der Waals surface area contributed by atoms with Crippen molar-refractivity contribution < 1.29 is 19.8 Å². The lowest BCUT2D eigenvalue weighted by Crippen LogP contribution is -2.47. The van der Waals surface area contributed by atoms with Gasteiger partial charge in [-0.15, -0.1) is 0 Å². The van der Waals surface area contributed by atoms with E-state index in [-0.39, 0.29) is 19.0 Å². The number of carbonyl (C=O) groups is 2. The molecular formula is C13H20N2O4. The first-order valence-electron chi connectivity index (χ1n) is 7.02. The van der Waals surface area contributed by atoms with E-state index in [2.05, 4.69) is 0 Å². The van der Waals surface area contributed by atoms with Crippen LogP contribution in [0.2, 0.25) is 0 Å². The number of rotatable bonds is 1. The standard InChI is InChI=1S/C13H20N2O4/c16-10-4-11(12(17)18)15(7-10)13(19)14-5-8-2-1-3-9(8)6-14/h8-11,16H,1-7H2,(H,17,18). The minimum Gasteiger partial charge on any atom is -0.480 e. The van der Waals surface area contributed by atoms with Crippen LogP contribution in [-0.4, -0.2) is 63.8 Å². The van der Waals surface area contributed by atoms with E-state index in [0.717, 1.165) is 13.1 Å². The number of nitrogens with zero attached hydrogens (tertiary/aromatic N) is 2. The summed E-state index contributed by atoms with van der Waals surface area (Å²) < 4.78 is 0. The number of carboxylic acids is 1. The lowest BCUT2D eigenvalue weighted by atomic mass is 10.0. The Morgan fingerprint density at radius 2 is 1.68 bits per heavy atom. The summed E-state index contributed by atoms with van der Waals surface area (Å²) in [5.74, 6) is 0.170. The van der Waals surface area contributed by atoms with Crippen LogP contribution in [0.25, 0.3) is 0 Å². The predicted molar refractivity (Wildman–Crippen MR) is 66.6 cm³/mol. The SMILES string of the molecule is O=C(O)C1CC(O)CN1C(=O)N1CC2CCCC2C1. The highest BCUT2D eigenvalue weighted by atomic mass is 16.4. The van der Waals surface area contributed by atoms with Crippen molar-refractivity contribution in [3.05, 3.63) is 0 Å². The summed E-state index contributed by atoms with van der Waals surface area (Å²) in [5.41, 5.74) is 0. The third kappa shape index (κ3) is 2.18. The number of aliphatic carboxylic acids is 1. The Labute approximate surface area is 112 Å². The molecule has 0 aromatic heterocycles. The van der Waals surface area contributed by atoms with E-state index >= 15 is 0 Å². The monoisotopic (exact) mass is 268 g/mol. The summed E-state index contributed by atoms with van der Waals surface area (Å²) >= 11 is 0. The molecule has 2 heterocycles. The molecule has 2 saturated heterocycles. The van der Waals surface area contributed by atoms with Gasteiger partial charge >= 0.3 is 12.0 Å². The molecule has 4 atom stereocenters. The Kier molecular flexibility index (Phi) is 3.12. The van der Waals surface area contributed by atoms with Crippen molar-refractivity contribution in [2.45, 2.75) is 37.8 Å². The number of hydrogen-bond donors (Lipinski definition) is 2. The molecule has 1 aliphatic carbocycles. The van der Waals surface area contributed by atoms with Crippen LogP contribution in [0, 0.1) is 11.8 Å². The van der Waals surface area contributed by atoms with E-state index in [1.165, 1.54) is 24.2 Å². The van der Waals surface area contributed by atoms with Gasteiger partial charge < -0.3 is 20.0 Å². The van der Waals surface area contributed by atoms with E-state index in [4.69, 9.17) is 5.11 Å². The van der Waals surface area contributed by atoms with Gasteiger partial charge in [0.15, 0.2) is 0 Å². The van der Waals surface area contributed by atoms with Crippen molar-refractivity contribution in [2.24, 2.45) is 11.8 Å². The summed E-state index contributed by atoms with van der Waals surface area (Å²) in [5, 5.41) is 18.7. The molecule has 1 saturated carbocycles. The van der Waals surface area contributed by atoms with Crippen molar-refractivity contribution in [3.8, 4) is 0 Å². The number of urea groups is 1. The van der Waals surface area contributed by atoms with Gasteiger partial charge in [0.1, 0.15) is 6.04 Å². The number of fused-ring (bicyclic) bond motifs is 1. The molecular weight excluding hydrogens is 248 g/mol. The maximum Gasteiger partial charge on any atom is 0.326 e. The number of hydrogen-bond acceptors (Lipinski definition) is 3. The van der Waals surface area contributed by atoms with Crippen LogP contribution < -0.4 is 0 Å². The minimum atomic E-state index is -1.02. The summed E-state index contributed by atoms with van der Waals surface area (Å²) in [6, 6.07) is -1.08. The Hall–Kier alpha value is -1.30. The molecule has 2 N–H and O–H groups in total. The van der Waals surface area contributed by atoms with Crippen LogP contribution in [0.1, 0.15) is 25.7 Å². The lowest BCUT2D eigenvalue weighted by Gasteiger charge is -2.27. The van der Waals surface area contributed by atoms with Crippen molar-refractivity contribution in [1.82, 2.24) is 9.80 Å². The van der Waals surface area contributed by atoms with Crippen LogP contribution in [0.3, 0.4) is 0 Å². The summed E-state index contributed by atoms with van der Waals surface area (Å²) in [6.45, 7) is 1.65. The number of amides is 2. The normalized spacial score (nSPS) is 37.7. The van der Waals surface area contributed by atoms with Crippen molar-refractivity contribution in [1.29, 1.82) is 0 Å². The zero-order valence-corrected chi connectivity index (χ0v) is 10.9. The molecule has 3 rings (SSSR count). The number of carbonyl (C=O) groups excluding carboxylic acids is 1. The second-order valence-corrected chi connectivity index (χ2v) is 6.03. The fourth-order valence-corrected chi connectivity index (χ4v) is 3.83. The van der Waals surface area contributed by atoms with E-state index < -0.39 is 18.1 Å². The van der Waals surface area contributed by atoms with Gasteiger partial charge in [0.2, 0.25) is 0 Å². The Morgan fingerprint density at radius 3 is 2.26 bits per heavy atom. The topological polar surface area (TPSA) is 81.1 Å². The van der Waals surface area contributed by atoms with E-state index in [1.807, 2.05) is 0 Å². The number of β-amino-alcohol motifs (C(OH)–C–C–N with tert-alkyl or cyclic N) is 1. The van der Waals surface area contributed by atoms with Crippen molar-refractivity contribution >= 4 is 12.0 Å². The first kappa shape index (κ1) is 12.7. The molecule has 0 aromatic rings. The molecule has 106 valence electrons. The zero-order chi connectivity index (χ0) is 13.6. The minimum absolute atomic E-state index is 0.141. The first-order chi connectivity index (χ1) is 9.06. The third-order valence-electron chi connectivity index (χ3n) is 4.81. The van der Waals surface area contributed by atoms with Crippen LogP contribution >= 0.6 is 0 Å². The predicted octanol–water partition coefficient (Wildman–Crippen LogP) is 0.358. The van der Waals surface area contributed by atoms with Gasteiger partial charge in [0.05, 0.1) is 6.10 Å². The van der Waals surface area contributed by atoms with Crippen LogP contribution in [0.15, 0.2) is 0 Å². The number of aliphatic hydroxyl groups excluding tert-OH is 1. The van der Waals surface area contributed by atoms with Crippen molar-refractivity contribution in [3.63, 3.8) is 0 Å². The summed E-state index contributed by atoms with van der Waals surface area (Å²) in [7, 11) is 0. The van der Waals surface area contributed by atoms with Gasteiger partial charge in [-0.25, -0.2) is 9.59 Å². The fourth-order valence-electron chi connectivity index (χ4n) is 3.83. The van der Waals surface area contributed by atoms with E-state index in [0.29, 0.717) is 11.8 Å². The van der Waals surface area contributed by atoms with E-state index in [1.54, 1.807) is 4.90 Å². The molecule has 2 amide bonds. The number of aliphatic hydroxyl groups is 1. The molecule has 0 aromatic carbocycles. The maximum absolute atomic E-state index is 12.4. The largest absolute Gasteiger partial charge is 0.480 e. The van der Waals surface area contributed by atoms with Crippen LogP contribution in [0.5, 0.6) is 0 Å². The van der Waals surface area contributed by atoms with Gasteiger partial charge in [-0.3, -0.25) is 0 Å². The van der Waals surface area contributed by atoms with Gasteiger partial charge in [-0.1, -0.05) is 6.42 Å². The van der Waals surface area contributed by atoms with Crippen LogP contribution in [-0.2, 0) is 4.79 Å². The summed E-state index contributed by atoms with van der Waals surface area (Å²) in [4.78, 5) is 26.7. The Morgan fingerprint density at radius 1 is 1.05 bits per heavy atom. The average molecular weight is 268 g/mol. The van der Waals surface area contributed by atoms with Gasteiger partial charge in [0, 0.05) is 26.1 Å². The molecule has 4 unspecified atom stereocenters. The Bertz CT molecular complexity index is 388. The van der Waals surface area contributed by atoms with E-state index in [9.17, 15) is 14.7 Å². The number of likely N-dealkylation sites (tertiary alicyclic amines) is 2. The second kappa shape index (κ2) is 4.67. The first-order valence-corrected chi connectivity index (χ1v) is 7.02. The summed E-state index contributed by atoms with van der Waals surface area (Å²) in [6.07, 6.45) is 3.03. The van der Waals surface area contributed by atoms with Gasteiger partial charge in [-0.2, -0.15) is 0 Å². The highest BCUT2D eigenvalue weighted by Gasteiger charge is 2.44. The average Bonchev–Trinajstić information content (AvgIpc) is 2.99. The molecule has 3 fully saturated rings. The molecule has 2 aliphatic heterocycles. The molecule has 0 bridgehead atoms. The molecule has 19 heavy (non-hydrogen) atoms. The third-order valence-corrected chi connectivity index (χ3v) is 4.81. The lowest BCUT2D eigenvalue weighted by molar-refractivity contribution is -0.141. The molecule has 3 aliphatic rings. The Balaban J connectivity index is 1.68. The number of carboxylic acid groups (broad SMARTS) is 1. The van der Waals surface area contributed by atoms with Crippen molar-refractivity contribution in [2.75, 3.05) is 19.6 Å². The molecule has 0 spiro atoms. The molecule has 0 radical (unpaired) electrons. The maximum atomic E-state index is 12.4. The van der Waals surface area contributed by atoms with Gasteiger partial charge in [0.25, 0.3) is 0 Å².